The fourth-order valence-corrected chi connectivity index (χ4v) is 4.70. The van der Waals surface area contributed by atoms with Crippen LogP contribution in [0.3, 0.4) is 0 Å². The third-order valence-electron chi connectivity index (χ3n) is 7.08. The number of nitrogens with zero attached hydrogens (tertiary/aromatic N) is 5. The molecule has 1 fully saturated rings. The van der Waals surface area contributed by atoms with Crippen LogP contribution in [-0.2, 0) is 6.54 Å². The van der Waals surface area contributed by atoms with Crippen LogP contribution >= 0.6 is 0 Å². The molecule has 1 aliphatic rings. The van der Waals surface area contributed by atoms with E-state index in [4.69, 9.17) is 0 Å². The van der Waals surface area contributed by atoms with Crippen molar-refractivity contribution >= 4 is 40.0 Å². The van der Waals surface area contributed by atoms with Crippen LogP contribution in [0.15, 0.2) is 73.1 Å². The van der Waals surface area contributed by atoms with Gasteiger partial charge in [0.1, 0.15) is 5.82 Å². The highest BCUT2D eigenvalue weighted by Crippen LogP contribution is 2.28. The second-order valence-electron chi connectivity index (χ2n) is 9.67. The van der Waals surface area contributed by atoms with Crippen LogP contribution in [0.4, 0.5) is 22.0 Å². The monoisotopic (exact) mass is 511 g/mol. The van der Waals surface area contributed by atoms with Gasteiger partial charge in [-0.2, -0.15) is 0 Å². The predicted octanol–water partition coefficient (Wildman–Crippen LogP) is 3.99. The number of rotatable bonds is 6. The molecule has 0 saturated carbocycles. The summed E-state index contributed by atoms with van der Waals surface area (Å²) >= 11 is 0. The summed E-state index contributed by atoms with van der Waals surface area (Å²) in [6.07, 6.45) is 3.44. The Bertz CT molecular complexity index is 1440. The molecule has 0 spiro atoms. The number of carbonyl (C=O) groups excluding carboxylic acids is 2. The summed E-state index contributed by atoms with van der Waals surface area (Å²) in [5.74, 6) is 0.285. The lowest BCUT2D eigenvalue weighted by Gasteiger charge is -2.32. The van der Waals surface area contributed by atoms with Crippen molar-refractivity contribution in [2.24, 2.45) is 0 Å². The van der Waals surface area contributed by atoms with Crippen LogP contribution < -0.4 is 15.5 Å². The van der Waals surface area contributed by atoms with Crippen molar-refractivity contribution in [3.63, 3.8) is 0 Å². The number of piperazine rings is 1. The minimum absolute atomic E-state index is 0.180. The third-order valence-corrected chi connectivity index (χ3v) is 7.08. The van der Waals surface area contributed by atoms with Gasteiger partial charge in [0.2, 0.25) is 0 Å². The number of benzene rings is 2. The van der Waals surface area contributed by atoms with Crippen molar-refractivity contribution in [3.05, 3.63) is 84.2 Å². The van der Waals surface area contributed by atoms with E-state index in [9.17, 15) is 9.59 Å². The van der Waals surface area contributed by atoms with Gasteiger partial charge in [0.15, 0.2) is 0 Å². The molecule has 3 heterocycles. The Labute approximate surface area is 222 Å². The van der Waals surface area contributed by atoms with Crippen LogP contribution in [-0.4, -0.2) is 78.6 Å². The first-order valence-electron chi connectivity index (χ1n) is 12.8. The SMILES string of the molecule is CNC(=O)n1ccc2cc(N(C)c3ccnc(NC(=O)c4ccc(CN5CCN(C)CC5)cc4)c3)ccc21. The van der Waals surface area contributed by atoms with Crippen molar-refractivity contribution in [1.82, 2.24) is 24.7 Å². The molecule has 2 aromatic carbocycles. The summed E-state index contributed by atoms with van der Waals surface area (Å²) in [6, 6.07) is 19.2. The van der Waals surface area contributed by atoms with Crippen LogP contribution in [0.1, 0.15) is 15.9 Å². The summed E-state index contributed by atoms with van der Waals surface area (Å²) in [7, 11) is 5.72. The van der Waals surface area contributed by atoms with E-state index in [2.05, 4.69) is 32.5 Å². The van der Waals surface area contributed by atoms with Crippen molar-refractivity contribution in [3.8, 4) is 0 Å². The van der Waals surface area contributed by atoms with E-state index in [0.717, 1.165) is 55.0 Å². The number of amides is 2. The molecule has 1 saturated heterocycles. The van der Waals surface area contributed by atoms with E-state index in [1.807, 2.05) is 72.6 Å². The predicted molar refractivity (Wildman–Crippen MR) is 151 cm³/mol. The van der Waals surface area contributed by atoms with Crippen molar-refractivity contribution in [2.45, 2.75) is 6.54 Å². The number of likely N-dealkylation sites (N-methyl/N-ethyl adjacent to an activating group) is 1. The van der Waals surface area contributed by atoms with E-state index in [-0.39, 0.29) is 11.9 Å². The highest BCUT2D eigenvalue weighted by atomic mass is 16.2. The molecule has 0 bridgehead atoms. The Morgan fingerprint density at radius 1 is 0.947 bits per heavy atom. The fraction of sp³-hybridized carbons (Fsp3) is 0.276. The van der Waals surface area contributed by atoms with Gasteiger partial charge < -0.3 is 20.4 Å². The molecule has 0 aliphatic carbocycles. The molecule has 9 nitrogen and oxygen atoms in total. The van der Waals surface area contributed by atoms with E-state index < -0.39 is 0 Å². The van der Waals surface area contributed by atoms with Gasteiger partial charge in [-0.3, -0.25) is 14.3 Å². The number of fused-ring (bicyclic) bond motifs is 1. The number of pyridine rings is 1. The van der Waals surface area contributed by atoms with Crippen LogP contribution in [0.2, 0.25) is 0 Å². The fourth-order valence-electron chi connectivity index (χ4n) is 4.70. The zero-order chi connectivity index (χ0) is 26.6. The minimum Gasteiger partial charge on any atom is -0.344 e. The maximum atomic E-state index is 12.9. The normalized spacial score (nSPS) is 14.4. The molecule has 9 heteroatoms. The van der Waals surface area contributed by atoms with Crippen LogP contribution in [0, 0.1) is 0 Å². The van der Waals surface area contributed by atoms with E-state index in [1.54, 1.807) is 24.0 Å². The number of aromatic nitrogens is 2. The Balaban J connectivity index is 1.25. The van der Waals surface area contributed by atoms with Gasteiger partial charge in [0.05, 0.1) is 5.52 Å². The molecule has 38 heavy (non-hydrogen) atoms. The largest absolute Gasteiger partial charge is 0.344 e. The van der Waals surface area contributed by atoms with E-state index >= 15 is 0 Å². The summed E-state index contributed by atoms with van der Waals surface area (Å²) in [5.41, 5.74) is 4.46. The Morgan fingerprint density at radius 3 is 2.42 bits per heavy atom. The average molecular weight is 512 g/mol. The lowest BCUT2D eigenvalue weighted by Crippen LogP contribution is -2.43. The molecule has 0 unspecified atom stereocenters. The van der Waals surface area contributed by atoms with Crippen LogP contribution in [0.25, 0.3) is 10.9 Å². The Kier molecular flexibility index (Phi) is 7.39. The van der Waals surface area contributed by atoms with E-state index in [1.165, 1.54) is 5.56 Å². The van der Waals surface area contributed by atoms with Gasteiger partial charge in [-0.05, 0) is 55.1 Å². The number of hydrogen-bond donors (Lipinski definition) is 2. The Morgan fingerprint density at radius 2 is 1.68 bits per heavy atom. The average Bonchev–Trinajstić information content (AvgIpc) is 3.37. The van der Waals surface area contributed by atoms with Gasteiger partial charge in [-0.25, -0.2) is 9.78 Å². The summed E-state index contributed by atoms with van der Waals surface area (Å²) in [6.45, 7) is 5.19. The molecule has 2 N–H and O–H groups in total. The number of anilines is 3. The second kappa shape index (κ2) is 11.0. The first kappa shape index (κ1) is 25.4. The molecule has 196 valence electrons. The smallest absolute Gasteiger partial charge is 0.325 e. The summed E-state index contributed by atoms with van der Waals surface area (Å²) in [4.78, 5) is 36.1. The molecular weight excluding hydrogens is 478 g/mol. The second-order valence-corrected chi connectivity index (χ2v) is 9.67. The highest BCUT2D eigenvalue weighted by Gasteiger charge is 2.15. The number of carbonyl (C=O) groups is 2. The molecule has 0 radical (unpaired) electrons. The number of hydrogen-bond acceptors (Lipinski definition) is 6. The van der Waals surface area contributed by atoms with Crippen molar-refractivity contribution < 1.29 is 9.59 Å². The first-order chi connectivity index (χ1) is 18.4. The molecule has 0 atom stereocenters. The van der Waals surface area contributed by atoms with Gasteiger partial charge in [-0.1, -0.05) is 12.1 Å². The van der Waals surface area contributed by atoms with Gasteiger partial charge in [0, 0.05) is 87.6 Å². The van der Waals surface area contributed by atoms with Crippen molar-refractivity contribution in [2.75, 3.05) is 57.5 Å². The minimum atomic E-state index is -0.194. The lowest BCUT2D eigenvalue weighted by atomic mass is 10.1. The van der Waals surface area contributed by atoms with Crippen LogP contribution in [0.5, 0.6) is 0 Å². The standard InChI is InChI=1S/C29H33N7O2/c1-30-29(38)36-13-11-23-18-24(8-9-26(23)36)34(3)25-10-12-31-27(19-25)32-28(37)22-6-4-21(5-7-22)20-35-16-14-33(2)15-17-35/h4-13,18-19H,14-17,20H2,1-3H3,(H,30,38)(H,31,32,37). The van der Waals surface area contributed by atoms with Crippen molar-refractivity contribution in [1.29, 1.82) is 0 Å². The summed E-state index contributed by atoms with van der Waals surface area (Å²) in [5, 5.41) is 6.52. The van der Waals surface area contributed by atoms with Gasteiger partial charge in [-0.15, -0.1) is 0 Å². The molecule has 2 aromatic heterocycles. The molecule has 5 rings (SSSR count). The Hall–Kier alpha value is -4.21. The zero-order valence-corrected chi connectivity index (χ0v) is 22.0. The molecular formula is C29H33N7O2. The topological polar surface area (TPSA) is 85.7 Å². The molecule has 2 amide bonds. The first-order valence-corrected chi connectivity index (χ1v) is 12.8. The quantitative estimate of drug-likeness (QED) is 0.407. The maximum absolute atomic E-state index is 12.9. The molecule has 1 aliphatic heterocycles. The summed E-state index contributed by atoms with van der Waals surface area (Å²) < 4.78 is 1.58. The van der Waals surface area contributed by atoms with Gasteiger partial charge >= 0.3 is 6.03 Å². The highest BCUT2D eigenvalue weighted by molar-refractivity contribution is 6.04. The van der Waals surface area contributed by atoms with E-state index in [0.29, 0.717) is 11.4 Å². The zero-order valence-electron chi connectivity index (χ0n) is 22.0. The molecule has 4 aromatic rings. The third kappa shape index (κ3) is 5.53. The number of nitrogens with one attached hydrogen (secondary N) is 2. The lowest BCUT2D eigenvalue weighted by molar-refractivity contribution is 0.102. The maximum Gasteiger partial charge on any atom is 0.325 e. The van der Waals surface area contributed by atoms with Gasteiger partial charge in [0.25, 0.3) is 5.91 Å².